The van der Waals surface area contributed by atoms with E-state index in [4.69, 9.17) is 0 Å². The van der Waals surface area contributed by atoms with E-state index >= 15 is 0 Å². The van der Waals surface area contributed by atoms with Crippen molar-refractivity contribution in [1.29, 1.82) is 0 Å². The number of carbonyl (C=O) groups is 2. The maximum Gasteiger partial charge on any atom is 0.222 e. The zero-order valence-corrected chi connectivity index (χ0v) is 18.3. The first-order chi connectivity index (χ1) is 13.1. The van der Waals surface area contributed by atoms with Gasteiger partial charge in [0.05, 0.1) is 6.04 Å². The second-order valence-corrected chi connectivity index (χ2v) is 7.61. The van der Waals surface area contributed by atoms with Gasteiger partial charge >= 0.3 is 0 Å². The Morgan fingerprint density at radius 2 is 1.74 bits per heavy atom. The molecule has 1 heterocycles. The van der Waals surface area contributed by atoms with Crippen LogP contribution in [0.15, 0.2) is 16.8 Å². The molecule has 0 spiro atoms. The molecule has 0 saturated carbocycles. The van der Waals surface area contributed by atoms with Gasteiger partial charge in [0.15, 0.2) is 0 Å². The average molecular weight is 396 g/mol. The van der Waals surface area contributed by atoms with Crippen molar-refractivity contribution >= 4 is 23.2 Å². The smallest absolute Gasteiger partial charge is 0.222 e. The molecule has 0 bridgehead atoms. The van der Waals surface area contributed by atoms with Gasteiger partial charge in [-0.05, 0) is 54.7 Å². The Hall–Kier alpha value is -1.40. The van der Waals surface area contributed by atoms with Crippen LogP contribution in [-0.4, -0.2) is 54.3 Å². The number of rotatable bonds is 14. The van der Waals surface area contributed by atoms with Gasteiger partial charge in [-0.15, -0.1) is 0 Å². The molecule has 1 aromatic heterocycles. The lowest BCUT2D eigenvalue weighted by atomic mass is 10.1. The van der Waals surface area contributed by atoms with Crippen LogP contribution in [0.2, 0.25) is 0 Å². The number of carbonyl (C=O) groups excluding carboxylic acids is 2. The number of nitrogens with one attached hydrogen (secondary N) is 1. The van der Waals surface area contributed by atoms with Crippen LogP contribution in [0.5, 0.6) is 0 Å². The summed E-state index contributed by atoms with van der Waals surface area (Å²) in [5.74, 6) is 0.207. The molecule has 2 amide bonds. The molecule has 6 heteroatoms. The fourth-order valence-electron chi connectivity index (χ4n) is 3.34. The predicted octanol–water partition coefficient (Wildman–Crippen LogP) is 4.07. The molecule has 0 aromatic carbocycles. The van der Waals surface area contributed by atoms with Crippen LogP contribution < -0.4 is 5.32 Å². The molecule has 1 unspecified atom stereocenters. The molecule has 5 nitrogen and oxygen atoms in total. The molecule has 1 atom stereocenters. The topological polar surface area (TPSA) is 52.7 Å². The molecule has 1 N–H and O–H groups in total. The SMILES string of the molecule is CCCN(CCC)C(=O)CCCC(=O)NCC(c1ccsc1)N(CC)CC. The Bertz CT molecular complexity index is 524. The normalized spacial score (nSPS) is 12.2. The van der Waals surface area contributed by atoms with E-state index < -0.39 is 0 Å². The highest BCUT2D eigenvalue weighted by atomic mass is 32.1. The van der Waals surface area contributed by atoms with Gasteiger partial charge in [-0.25, -0.2) is 0 Å². The summed E-state index contributed by atoms with van der Waals surface area (Å²) < 4.78 is 0. The minimum atomic E-state index is 0.0349. The molecule has 27 heavy (non-hydrogen) atoms. The minimum absolute atomic E-state index is 0.0349. The van der Waals surface area contributed by atoms with Crippen LogP contribution in [0.4, 0.5) is 0 Å². The van der Waals surface area contributed by atoms with Crippen molar-refractivity contribution in [1.82, 2.24) is 15.1 Å². The van der Waals surface area contributed by atoms with Gasteiger partial charge in [0.2, 0.25) is 11.8 Å². The summed E-state index contributed by atoms with van der Waals surface area (Å²) in [5, 5.41) is 7.31. The first kappa shape index (κ1) is 23.6. The zero-order valence-electron chi connectivity index (χ0n) is 17.5. The molecule has 0 aliphatic heterocycles. The van der Waals surface area contributed by atoms with E-state index in [9.17, 15) is 9.59 Å². The molecule has 0 fully saturated rings. The van der Waals surface area contributed by atoms with Crippen LogP contribution >= 0.6 is 11.3 Å². The molecule has 154 valence electrons. The number of amides is 2. The molecule has 0 aliphatic rings. The lowest BCUT2D eigenvalue weighted by Crippen LogP contribution is -2.38. The number of likely N-dealkylation sites (N-methyl/N-ethyl adjacent to an activating group) is 1. The van der Waals surface area contributed by atoms with Crippen molar-refractivity contribution < 1.29 is 9.59 Å². The van der Waals surface area contributed by atoms with Crippen molar-refractivity contribution in [3.63, 3.8) is 0 Å². The monoisotopic (exact) mass is 395 g/mol. The number of hydrogen-bond acceptors (Lipinski definition) is 4. The van der Waals surface area contributed by atoms with Crippen molar-refractivity contribution in [2.75, 3.05) is 32.7 Å². The third kappa shape index (κ3) is 8.43. The summed E-state index contributed by atoms with van der Waals surface area (Å²) in [7, 11) is 0. The average Bonchev–Trinajstić information content (AvgIpc) is 3.19. The zero-order chi connectivity index (χ0) is 20.1. The first-order valence-corrected chi connectivity index (χ1v) is 11.3. The summed E-state index contributed by atoms with van der Waals surface area (Å²) in [6.07, 6.45) is 3.43. The Morgan fingerprint density at radius 3 is 2.26 bits per heavy atom. The third-order valence-corrected chi connectivity index (χ3v) is 5.51. The minimum Gasteiger partial charge on any atom is -0.354 e. The summed E-state index contributed by atoms with van der Waals surface area (Å²) in [4.78, 5) is 28.8. The van der Waals surface area contributed by atoms with Gasteiger partial charge in [0, 0.05) is 32.5 Å². The first-order valence-electron chi connectivity index (χ1n) is 10.4. The van der Waals surface area contributed by atoms with Crippen LogP contribution in [-0.2, 0) is 9.59 Å². The lowest BCUT2D eigenvalue weighted by molar-refractivity contribution is -0.131. The largest absolute Gasteiger partial charge is 0.354 e. The molecular formula is C21H37N3O2S. The van der Waals surface area contributed by atoms with Gasteiger partial charge in [0.25, 0.3) is 0 Å². The molecule has 0 aliphatic carbocycles. The predicted molar refractivity (Wildman–Crippen MR) is 114 cm³/mol. The van der Waals surface area contributed by atoms with Gasteiger partial charge in [-0.1, -0.05) is 27.7 Å². The summed E-state index contributed by atoms with van der Waals surface area (Å²) in [6, 6.07) is 2.34. The maximum atomic E-state index is 12.3. The van der Waals surface area contributed by atoms with Gasteiger partial charge in [0.1, 0.15) is 0 Å². The van der Waals surface area contributed by atoms with Crippen molar-refractivity contribution in [2.45, 2.75) is 65.8 Å². The van der Waals surface area contributed by atoms with E-state index in [0.29, 0.717) is 25.8 Å². The lowest BCUT2D eigenvalue weighted by Gasteiger charge is -2.29. The number of nitrogens with zero attached hydrogens (tertiary/aromatic N) is 2. The Balaban J connectivity index is 2.43. The van der Waals surface area contributed by atoms with E-state index in [1.807, 2.05) is 4.90 Å². The molecule has 0 radical (unpaired) electrons. The van der Waals surface area contributed by atoms with E-state index in [-0.39, 0.29) is 17.9 Å². The fourth-order valence-corrected chi connectivity index (χ4v) is 4.05. The highest BCUT2D eigenvalue weighted by Crippen LogP contribution is 2.22. The van der Waals surface area contributed by atoms with Crippen molar-refractivity contribution in [3.8, 4) is 0 Å². The molecule has 0 saturated heterocycles. The maximum absolute atomic E-state index is 12.3. The van der Waals surface area contributed by atoms with Crippen LogP contribution in [0.25, 0.3) is 0 Å². The van der Waals surface area contributed by atoms with Crippen LogP contribution in [0.1, 0.15) is 71.4 Å². The van der Waals surface area contributed by atoms with E-state index in [1.165, 1.54) is 5.56 Å². The second kappa shape index (κ2) is 13.7. The van der Waals surface area contributed by atoms with Crippen molar-refractivity contribution in [3.05, 3.63) is 22.4 Å². The quantitative estimate of drug-likeness (QED) is 0.517. The Kier molecular flexibility index (Phi) is 12.0. The highest BCUT2D eigenvalue weighted by Gasteiger charge is 2.19. The van der Waals surface area contributed by atoms with Gasteiger partial charge < -0.3 is 10.2 Å². The highest BCUT2D eigenvalue weighted by molar-refractivity contribution is 7.07. The fraction of sp³-hybridized carbons (Fsp3) is 0.714. The number of thiophene rings is 1. The van der Waals surface area contributed by atoms with Gasteiger partial charge in [-0.2, -0.15) is 11.3 Å². The summed E-state index contributed by atoms with van der Waals surface area (Å²) in [6.45, 7) is 12.6. The second-order valence-electron chi connectivity index (χ2n) is 6.83. The molecule has 1 rings (SSSR count). The molecular weight excluding hydrogens is 358 g/mol. The standard InChI is InChI=1S/C21H37N3O2S/c1-5-13-24(14-6-2)21(26)11-9-10-20(25)22-16-19(23(7-3)8-4)18-12-15-27-17-18/h12,15,17,19H,5-11,13-14,16H2,1-4H3,(H,22,25). The number of hydrogen-bond donors (Lipinski definition) is 1. The molecule has 1 aromatic rings. The Morgan fingerprint density at radius 1 is 1.07 bits per heavy atom. The van der Waals surface area contributed by atoms with E-state index in [0.717, 1.165) is 39.0 Å². The van der Waals surface area contributed by atoms with E-state index in [2.05, 4.69) is 54.7 Å². The van der Waals surface area contributed by atoms with Gasteiger partial charge in [-0.3, -0.25) is 14.5 Å². The van der Waals surface area contributed by atoms with E-state index in [1.54, 1.807) is 11.3 Å². The van der Waals surface area contributed by atoms with Crippen molar-refractivity contribution in [2.24, 2.45) is 0 Å². The van der Waals surface area contributed by atoms with Crippen LogP contribution in [0.3, 0.4) is 0 Å². The van der Waals surface area contributed by atoms with Crippen LogP contribution in [0, 0.1) is 0 Å². The third-order valence-electron chi connectivity index (χ3n) is 4.81. The Labute approximate surface area is 169 Å². The summed E-state index contributed by atoms with van der Waals surface area (Å²) in [5.41, 5.74) is 1.26. The summed E-state index contributed by atoms with van der Waals surface area (Å²) >= 11 is 1.69.